The highest BCUT2D eigenvalue weighted by Gasteiger charge is 2.29. The molecule has 0 aliphatic carbocycles. The fraction of sp³-hybridized carbons (Fsp3) is 0.0769. The highest BCUT2D eigenvalue weighted by Crippen LogP contribution is 2.53. The Bertz CT molecular complexity index is 5350. The topological polar surface area (TPSA) is 25.4 Å². The summed E-state index contributed by atoms with van der Waals surface area (Å²) in [5.74, 6) is 1.26. The fourth-order valence-corrected chi connectivity index (χ4v) is 14.9. The third kappa shape index (κ3) is 15.2. The molecule has 0 aliphatic rings. The monoisotopic (exact) mass is 1420 g/mol. The first kappa shape index (κ1) is 70.6. The van der Waals surface area contributed by atoms with Gasteiger partial charge in [0.05, 0.1) is 45.5 Å². The van der Waals surface area contributed by atoms with Crippen molar-refractivity contribution in [1.82, 2.24) is 0 Å². The van der Waals surface area contributed by atoms with Crippen molar-refractivity contribution in [2.24, 2.45) is 0 Å². The zero-order chi connectivity index (χ0) is 75.0. The molecule has 110 heavy (non-hydrogen) atoms. The van der Waals surface area contributed by atoms with Gasteiger partial charge in [-0.25, -0.2) is 0 Å². The summed E-state index contributed by atoms with van der Waals surface area (Å²) < 4.78 is 7.77. The molecule has 16 aromatic carbocycles. The van der Waals surface area contributed by atoms with Gasteiger partial charge in [0.15, 0.2) is 0 Å². The van der Waals surface area contributed by atoms with Gasteiger partial charge >= 0.3 is 0 Å². The molecular formula is C104H87N5O. The quantitative estimate of drug-likeness (QED) is 0.0711. The molecule has 6 heteroatoms. The summed E-state index contributed by atoms with van der Waals surface area (Å²) in [6.07, 6.45) is 0. The van der Waals surface area contributed by atoms with Crippen LogP contribution in [0, 0.1) is 0 Å². The van der Waals surface area contributed by atoms with Crippen LogP contribution in [0.4, 0.5) is 85.3 Å². The normalized spacial score (nSPS) is 11.4. The Morgan fingerprint density at radius 1 is 0.182 bits per heavy atom. The minimum Gasteiger partial charge on any atom is -0.457 e. The molecule has 16 rings (SSSR count). The Morgan fingerprint density at radius 2 is 0.436 bits per heavy atom. The molecule has 0 saturated heterocycles. The van der Waals surface area contributed by atoms with Gasteiger partial charge in [0.2, 0.25) is 0 Å². The van der Waals surface area contributed by atoms with E-state index in [1.807, 2.05) is 0 Å². The van der Waals surface area contributed by atoms with Crippen molar-refractivity contribution in [3.63, 3.8) is 0 Å². The number of rotatable bonds is 21. The predicted octanol–water partition coefficient (Wildman–Crippen LogP) is 30.1. The van der Waals surface area contributed by atoms with Crippen LogP contribution in [0.1, 0.15) is 52.7 Å². The van der Waals surface area contributed by atoms with Gasteiger partial charge in [0.1, 0.15) is 11.5 Å². The maximum atomic E-state index is 7.77. The Hall–Kier alpha value is -13.7. The van der Waals surface area contributed by atoms with Crippen LogP contribution < -0.4 is 29.2 Å². The third-order valence-corrected chi connectivity index (χ3v) is 20.3. The summed E-state index contributed by atoms with van der Waals surface area (Å²) in [4.78, 5) is 12.0. The number of anilines is 15. The molecule has 0 amide bonds. The number of hydrogen-bond donors (Lipinski definition) is 0. The Kier molecular flexibility index (Phi) is 20.2. The van der Waals surface area contributed by atoms with Crippen molar-refractivity contribution in [3.05, 3.63) is 430 Å². The number of hydrogen-bond acceptors (Lipinski definition) is 6. The summed E-state index contributed by atoms with van der Waals surface area (Å²) in [5, 5.41) is 0. The maximum Gasteiger partial charge on any atom is 0.131 e. The summed E-state index contributed by atoms with van der Waals surface area (Å²) in [5.41, 5.74) is 25.7. The van der Waals surface area contributed by atoms with E-state index in [4.69, 9.17) is 4.74 Å². The standard InChI is InChI=1S/C104H87N5O/c1-103(2,3)80-65-61-78(62-66-80)96-55-31-33-59-100(96)107(86-49-27-13-28-50-86)92-72-93(108(87-51-29-14-30-52-87)101-60-34-32-56-97(101)79-63-67-81(68-64-79)104(4,5)6)75-95(74-92)110-94-54-35-53-88(73-94)109(102-98(76-37-15-7-16-38-76)57-36-58-99(102)77-39-17-8-18-40-77)91-70-89(105(82-41-19-9-20-42-82)83-43-21-10-22-44-83)69-90(71-91)106(84-45-23-11-24-46-84)85-47-25-12-26-48-85/h7-75H,1-6H3. The summed E-state index contributed by atoms with van der Waals surface area (Å²) in [6.45, 7) is 13.6. The minimum absolute atomic E-state index is 0.0196. The van der Waals surface area contributed by atoms with E-state index < -0.39 is 0 Å². The predicted molar refractivity (Wildman–Crippen MR) is 466 cm³/mol. The van der Waals surface area contributed by atoms with Gasteiger partial charge < -0.3 is 29.2 Å². The first-order valence-electron chi connectivity index (χ1n) is 37.9. The highest BCUT2D eigenvalue weighted by atomic mass is 16.5. The lowest BCUT2D eigenvalue weighted by Crippen LogP contribution is -2.17. The van der Waals surface area contributed by atoms with Gasteiger partial charge in [0, 0.05) is 80.3 Å². The van der Waals surface area contributed by atoms with E-state index in [1.165, 1.54) is 11.1 Å². The fourth-order valence-electron chi connectivity index (χ4n) is 14.9. The molecule has 0 N–H and O–H groups in total. The van der Waals surface area contributed by atoms with E-state index in [9.17, 15) is 0 Å². The van der Waals surface area contributed by atoms with Gasteiger partial charge in [-0.05, 0) is 166 Å². The van der Waals surface area contributed by atoms with Crippen molar-refractivity contribution >= 4 is 85.3 Å². The van der Waals surface area contributed by atoms with Crippen molar-refractivity contribution in [2.75, 3.05) is 24.5 Å². The lowest BCUT2D eigenvalue weighted by Gasteiger charge is -2.34. The second-order valence-electron chi connectivity index (χ2n) is 29.8. The van der Waals surface area contributed by atoms with E-state index in [-0.39, 0.29) is 10.8 Å². The van der Waals surface area contributed by atoms with Crippen molar-refractivity contribution < 1.29 is 4.74 Å². The molecule has 16 aromatic rings. The van der Waals surface area contributed by atoms with Crippen molar-refractivity contribution in [2.45, 2.75) is 52.4 Å². The molecule has 0 radical (unpaired) electrons. The average Bonchev–Trinajstić information content (AvgIpc) is 0.766. The molecule has 0 saturated carbocycles. The highest BCUT2D eigenvalue weighted by molar-refractivity contribution is 6.00. The largest absolute Gasteiger partial charge is 0.457 e. The van der Waals surface area contributed by atoms with Crippen LogP contribution in [0.2, 0.25) is 0 Å². The second kappa shape index (κ2) is 31.4. The maximum absolute atomic E-state index is 7.77. The molecule has 0 atom stereocenters. The van der Waals surface area contributed by atoms with Crippen LogP contribution in [0.5, 0.6) is 11.5 Å². The Morgan fingerprint density at radius 3 is 0.782 bits per heavy atom. The number of ether oxygens (including phenoxy) is 1. The lowest BCUT2D eigenvalue weighted by molar-refractivity contribution is 0.483. The lowest BCUT2D eigenvalue weighted by atomic mass is 9.86. The summed E-state index contributed by atoms with van der Waals surface area (Å²) >= 11 is 0. The van der Waals surface area contributed by atoms with Gasteiger partial charge in [-0.2, -0.15) is 0 Å². The number of nitrogens with zero attached hydrogens (tertiary/aromatic N) is 5. The molecule has 0 unspecified atom stereocenters. The smallest absolute Gasteiger partial charge is 0.131 e. The molecule has 0 aliphatic heterocycles. The van der Waals surface area contributed by atoms with E-state index in [0.717, 1.165) is 130 Å². The van der Waals surface area contributed by atoms with Crippen LogP contribution in [-0.4, -0.2) is 0 Å². The minimum atomic E-state index is -0.0196. The van der Waals surface area contributed by atoms with E-state index >= 15 is 0 Å². The molecule has 0 bridgehead atoms. The molecule has 6 nitrogen and oxygen atoms in total. The number of benzene rings is 16. The molecule has 0 heterocycles. The second-order valence-corrected chi connectivity index (χ2v) is 29.8. The molecule has 0 fully saturated rings. The third-order valence-electron chi connectivity index (χ3n) is 20.3. The molecule has 0 spiro atoms. The SMILES string of the molecule is CC(C)(C)c1ccc(-c2ccccc2N(c2ccccc2)c2cc(Oc3cccc(N(c4cc(N(c5ccccc5)c5ccccc5)cc(N(c5ccccc5)c5ccccc5)c4)c4c(-c5ccccc5)cccc4-c4ccccc4)c3)cc(N(c3ccccc3)c3ccccc3-c3ccc(C(C)(C)C)cc3)c2)cc1. The zero-order valence-electron chi connectivity index (χ0n) is 63.0. The van der Waals surface area contributed by atoms with Crippen LogP contribution in [0.3, 0.4) is 0 Å². The van der Waals surface area contributed by atoms with Crippen LogP contribution >= 0.6 is 0 Å². The van der Waals surface area contributed by atoms with Gasteiger partial charge in [0.25, 0.3) is 0 Å². The van der Waals surface area contributed by atoms with E-state index in [2.05, 4.69) is 485 Å². The van der Waals surface area contributed by atoms with Gasteiger partial charge in [-0.1, -0.05) is 321 Å². The molecular weight excluding hydrogens is 1340 g/mol. The Balaban J connectivity index is 0.953. The van der Waals surface area contributed by atoms with Crippen LogP contribution in [0.15, 0.2) is 419 Å². The van der Waals surface area contributed by atoms with Gasteiger partial charge in [-0.3, -0.25) is 0 Å². The first-order valence-corrected chi connectivity index (χ1v) is 37.9. The van der Waals surface area contributed by atoms with Crippen LogP contribution in [0.25, 0.3) is 44.5 Å². The number of para-hydroxylation sites is 9. The van der Waals surface area contributed by atoms with E-state index in [1.54, 1.807) is 0 Å². The molecule has 0 aromatic heterocycles. The molecule has 534 valence electrons. The Labute approximate surface area is 648 Å². The first-order chi connectivity index (χ1) is 53.8. The van der Waals surface area contributed by atoms with E-state index in [0.29, 0.717) is 11.5 Å². The van der Waals surface area contributed by atoms with Crippen molar-refractivity contribution in [1.29, 1.82) is 0 Å². The average molecular weight is 1420 g/mol. The van der Waals surface area contributed by atoms with Crippen molar-refractivity contribution in [3.8, 4) is 56.0 Å². The van der Waals surface area contributed by atoms with Gasteiger partial charge in [-0.15, -0.1) is 0 Å². The zero-order valence-corrected chi connectivity index (χ0v) is 63.0. The summed E-state index contributed by atoms with van der Waals surface area (Å²) in [6, 6.07) is 151. The van der Waals surface area contributed by atoms with Crippen LogP contribution in [-0.2, 0) is 10.8 Å². The summed E-state index contributed by atoms with van der Waals surface area (Å²) in [7, 11) is 0.